The van der Waals surface area contributed by atoms with Gasteiger partial charge < -0.3 is 10.5 Å². The number of methoxy groups -OCH3 is 1. The van der Waals surface area contributed by atoms with Crippen LogP contribution < -0.4 is 5.73 Å². The van der Waals surface area contributed by atoms with E-state index in [4.69, 9.17) is 22.1 Å². The third-order valence-corrected chi connectivity index (χ3v) is 4.68. The standard InChI is InChI=1S/C17H19ClFN3O2Si/c1-24-17(23)14-12(7-8-25(2,3)4)15(20)22-16(21-14)11-6-5-10(18)9-13(11)19/h5-9H,1-4H3,(H2,20,21,22). The maximum atomic E-state index is 14.2. The molecule has 0 aliphatic carbocycles. The molecule has 0 bridgehead atoms. The van der Waals surface area contributed by atoms with Crippen LogP contribution in [0.1, 0.15) is 16.1 Å². The first-order valence-electron chi connectivity index (χ1n) is 7.53. The van der Waals surface area contributed by atoms with Crippen molar-refractivity contribution in [2.24, 2.45) is 0 Å². The first kappa shape index (κ1) is 19.1. The number of halogens is 2. The van der Waals surface area contributed by atoms with Crippen molar-refractivity contribution in [3.63, 3.8) is 0 Å². The van der Waals surface area contributed by atoms with Gasteiger partial charge in [0, 0.05) is 10.6 Å². The van der Waals surface area contributed by atoms with Crippen molar-refractivity contribution in [1.82, 2.24) is 9.97 Å². The molecule has 0 spiro atoms. The minimum atomic E-state index is -1.54. The zero-order chi connectivity index (χ0) is 18.8. The van der Waals surface area contributed by atoms with Gasteiger partial charge in [-0.2, -0.15) is 0 Å². The van der Waals surface area contributed by atoms with Crippen LogP contribution in [0.3, 0.4) is 0 Å². The quantitative estimate of drug-likeness (QED) is 0.636. The summed E-state index contributed by atoms with van der Waals surface area (Å²) < 4.78 is 18.9. The predicted molar refractivity (Wildman–Crippen MR) is 101 cm³/mol. The van der Waals surface area contributed by atoms with Crippen LogP contribution in [0, 0.1) is 5.82 Å². The Morgan fingerprint density at radius 1 is 1.32 bits per heavy atom. The maximum Gasteiger partial charge on any atom is 0.357 e. The number of esters is 1. The average molecular weight is 380 g/mol. The zero-order valence-electron chi connectivity index (χ0n) is 14.4. The van der Waals surface area contributed by atoms with E-state index in [0.717, 1.165) is 6.07 Å². The van der Waals surface area contributed by atoms with Crippen LogP contribution in [0.4, 0.5) is 10.2 Å². The minimum Gasteiger partial charge on any atom is -0.464 e. The summed E-state index contributed by atoms with van der Waals surface area (Å²) in [5.41, 5.74) is 8.49. The van der Waals surface area contributed by atoms with Gasteiger partial charge >= 0.3 is 5.97 Å². The summed E-state index contributed by atoms with van der Waals surface area (Å²) in [6.07, 6.45) is 1.73. The van der Waals surface area contributed by atoms with Crippen molar-refractivity contribution in [2.75, 3.05) is 12.8 Å². The highest BCUT2D eigenvalue weighted by atomic mass is 35.5. The number of ether oxygens (including phenoxy) is 1. The van der Waals surface area contributed by atoms with Gasteiger partial charge in [-0.3, -0.25) is 0 Å². The van der Waals surface area contributed by atoms with E-state index in [0.29, 0.717) is 5.56 Å². The summed E-state index contributed by atoms with van der Waals surface area (Å²) in [6, 6.07) is 4.09. The smallest absolute Gasteiger partial charge is 0.357 e. The van der Waals surface area contributed by atoms with Gasteiger partial charge in [-0.1, -0.05) is 43.0 Å². The number of rotatable bonds is 4. The van der Waals surface area contributed by atoms with Crippen LogP contribution in [0.25, 0.3) is 17.5 Å². The van der Waals surface area contributed by atoms with Gasteiger partial charge in [0.15, 0.2) is 11.5 Å². The Balaban J connectivity index is 2.65. The third kappa shape index (κ3) is 4.64. The van der Waals surface area contributed by atoms with E-state index in [1.807, 2.05) is 5.70 Å². The number of carbonyl (C=O) groups is 1. The van der Waals surface area contributed by atoms with Crippen LogP contribution in [-0.2, 0) is 4.74 Å². The molecule has 0 fully saturated rings. The van der Waals surface area contributed by atoms with E-state index in [2.05, 4.69) is 29.6 Å². The van der Waals surface area contributed by atoms with Crippen LogP contribution in [0.15, 0.2) is 23.9 Å². The molecule has 2 aromatic rings. The summed E-state index contributed by atoms with van der Waals surface area (Å²) in [5, 5.41) is 0.247. The second-order valence-corrected chi connectivity index (χ2v) is 12.0. The Bertz CT molecular complexity index is 851. The van der Waals surface area contributed by atoms with Gasteiger partial charge in [-0.25, -0.2) is 19.2 Å². The van der Waals surface area contributed by atoms with Crippen molar-refractivity contribution in [2.45, 2.75) is 19.6 Å². The molecule has 1 aromatic heterocycles. The fourth-order valence-corrected chi connectivity index (χ4v) is 2.85. The second kappa shape index (κ2) is 7.33. The highest BCUT2D eigenvalue weighted by Gasteiger charge is 2.21. The number of nitrogens with two attached hydrogens (primary N) is 1. The largest absolute Gasteiger partial charge is 0.464 e. The van der Waals surface area contributed by atoms with E-state index in [9.17, 15) is 9.18 Å². The predicted octanol–water partition coefficient (Wildman–Crippen LogP) is 4.20. The molecule has 2 N–H and O–H groups in total. The molecule has 25 heavy (non-hydrogen) atoms. The number of anilines is 1. The molecule has 8 heteroatoms. The van der Waals surface area contributed by atoms with Crippen LogP contribution in [-0.4, -0.2) is 31.1 Å². The van der Waals surface area contributed by atoms with E-state index in [1.165, 1.54) is 19.2 Å². The van der Waals surface area contributed by atoms with E-state index >= 15 is 0 Å². The lowest BCUT2D eigenvalue weighted by molar-refractivity contribution is 0.0593. The topological polar surface area (TPSA) is 78.1 Å². The summed E-state index contributed by atoms with van der Waals surface area (Å²) >= 11 is 5.76. The highest BCUT2D eigenvalue weighted by Crippen LogP contribution is 2.26. The first-order chi connectivity index (χ1) is 11.6. The van der Waals surface area contributed by atoms with Crippen LogP contribution in [0.2, 0.25) is 24.7 Å². The highest BCUT2D eigenvalue weighted by molar-refractivity contribution is 6.81. The van der Waals surface area contributed by atoms with Crippen LogP contribution >= 0.6 is 11.6 Å². The van der Waals surface area contributed by atoms with E-state index in [-0.39, 0.29) is 27.9 Å². The van der Waals surface area contributed by atoms with Crippen molar-refractivity contribution >= 4 is 37.5 Å². The normalized spacial score (nSPS) is 11.8. The summed E-state index contributed by atoms with van der Waals surface area (Å²) in [6.45, 7) is 6.40. The van der Waals surface area contributed by atoms with Gasteiger partial charge in [0.1, 0.15) is 11.6 Å². The fraction of sp³-hybridized carbons (Fsp3) is 0.235. The Morgan fingerprint density at radius 3 is 2.56 bits per heavy atom. The van der Waals surface area contributed by atoms with E-state index in [1.54, 1.807) is 6.08 Å². The summed E-state index contributed by atoms with van der Waals surface area (Å²) in [7, 11) is -0.297. The molecule has 0 unspecified atom stereocenters. The van der Waals surface area contributed by atoms with Gasteiger partial charge in [0.2, 0.25) is 0 Å². The Labute approximate surface area is 151 Å². The molecule has 0 aliphatic heterocycles. The lowest BCUT2D eigenvalue weighted by atomic mass is 10.1. The van der Waals surface area contributed by atoms with Gasteiger partial charge in [-0.15, -0.1) is 0 Å². The number of hydrogen-bond acceptors (Lipinski definition) is 5. The Kier molecular flexibility index (Phi) is 5.59. The minimum absolute atomic E-state index is 0.00257. The number of nitrogens with zero attached hydrogens (tertiary/aromatic N) is 2. The number of nitrogen functional groups attached to an aromatic ring is 1. The molecule has 132 valence electrons. The molecule has 5 nitrogen and oxygen atoms in total. The molecular weight excluding hydrogens is 361 g/mol. The molecule has 0 aliphatic rings. The van der Waals surface area contributed by atoms with Crippen molar-refractivity contribution < 1.29 is 13.9 Å². The summed E-state index contributed by atoms with van der Waals surface area (Å²) in [4.78, 5) is 20.5. The lowest BCUT2D eigenvalue weighted by Gasteiger charge is -2.12. The first-order valence-corrected chi connectivity index (χ1v) is 11.5. The summed E-state index contributed by atoms with van der Waals surface area (Å²) in [5.74, 6) is -1.19. The number of hydrogen-bond donors (Lipinski definition) is 1. The van der Waals surface area contributed by atoms with E-state index < -0.39 is 19.9 Å². The van der Waals surface area contributed by atoms with Gasteiger partial charge in [-0.05, 0) is 18.2 Å². The molecule has 2 rings (SSSR count). The molecule has 0 amide bonds. The van der Waals surface area contributed by atoms with Crippen LogP contribution in [0.5, 0.6) is 0 Å². The molecule has 1 aromatic carbocycles. The van der Waals surface area contributed by atoms with Crippen molar-refractivity contribution in [3.8, 4) is 11.4 Å². The van der Waals surface area contributed by atoms with Crippen molar-refractivity contribution in [3.05, 3.63) is 46.0 Å². The number of carbonyl (C=O) groups excluding carboxylic acids is 1. The average Bonchev–Trinajstić information content (AvgIpc) is 2.51. The Morgan fingerprint density at radius 2 is 2.00 bits per heavy atom. The monoisotopic (exact) mass is 379 g/mol. The second-order valence-electron chi connectivity index (χ2n) is 6.51. The molecule has 0 saturated carbocycles. The molecule has 0 radical (unpaired) electrons. The Hall–Kier alpha value is -2.25. The SMILES string of the molecule is COC(=O)c1nc(-c2ccc(Cl)cc2F)nc(N)c1C=C[Si](C)(C)C. The third-order valence-electron chi connectivity index (χ3n) is 3.28. The maximum absolute atomic E-state index is 14.2. The molecule has 0 saturated heterocycles. The molecular formula is C17H19ClFN3O2Si. The fourth-order valence-electron chi connectivity index (χ4n) is 2.03. The van der Waals surface area contributed by atoms with Crippen molar-refractivity contribution in [1.29, 1.82) is 0 Å². The lowest BCUT2D eigenvalue weighted by Crippen LogP contribution is -2.16. The van der Waals surface area contributed by atoms with Gasteiger partial charge in [0.05, 0.1) is 20.7 Å². The number of aromatic nitrogens is 2. The van der Waals surface area contributed by atoms with Gasteiger partial charge in [0.25, 0.3) is 0 Å². The molecule has 0 atom stereocenters. The molecule has 1 heterocycles. The number of benzene rings is 1. The zero-order valence-corrected chi connectivity index (χ0v) is 16.2.